The molecule has 0 N–H and O–H groups in total. The van der Waals surface area contributed by atoms with E-state index in [1.165, 1.54) is 26.9 Å². The van der Waals surface area contributed by atoms with Crippen molar-refractivity contribution in [1.29, 1.82) is 0 Å². The second-order valence-electron chi connectivity index (χ2n) is 6.18. The first-order chi connectivity index (χ1) is 13.6. The predicted octanol–water partition coefficient (Wildman–Crippen LogP) is 4.23. The summed E-state index contributed by atoms with van der Waals surface area (Å²) in [6.07, 6.45) is 1.68. The monoisotopic (exact) mass is 391 g/mol. The van der Waals surface area contributed by atoms with Gasteiger partial charge in [0.05, 0.1) is 17.9 Å². The minimum Gasteiger partial charge on any atom is -0.454 e. The number of pyridine rings is 1. The third kappa shape index (κ3) is 3.65. The normalized spacial score (nSPS) is 10.8. The summed E-state index contributed by atoms with van der Waals surface area (Å²) >= 11 is 1.39. The summed E-state index contributed by atoms with van der Waals surface area (Å²) in [5.74, 6) is 0.405. The van der Waals surface area contributed by atoms with Crippen molar-refractivity contribution in [3.05, 3.63) is 99.8 Å². The third-order valence-corrected chi connectivity index (χ3v) is 5.06. The van der Waals surface area contributed by atoms with Crippen LogP contribution in [-0.2, 0) is 6.54 Å². The van der Waals surface area contributed by atoms with Gasteiger partial charge in [0.2, 0.25) is 0 Å². The molecule has 0 bridgehead atoms. The Kier molecular flexibility index (Phi) is 4.90. The zero-order chi connectivity index (χ0) is 19.5. The Morgan fingerprint density at radius 1 is 1.11 bits per heavy atom. The zero-order valence-electron chi connectivity index (χ0n) is 15.1. The van der Waals surface area contributed by atoms with Crippen molar-refractivity contribution in [2.24, 2.45) is 0 Å². The standard InChI is InChI=1S/C21H17N3O3S/c1-15-14-28-21(22-15)24(16-7-3-2-4-8-16)20(26)18-11-10-17(27-18)13-23-12-6-5-9-19(23)25/h2-12,14H,13H2,1H3. The van der Waals surface area contributed by atoms with E-state index in [0.29, 0.717) is 16.6 Å². The highest BCUT2D eigenvalue weighted by atomic mass is 32.1. The maximum absolute atomic E-state index is 13.2. The molecule has 1 amide bonds. The highest BCUT2D eigenvalue weighted by molar-refractivity contribution is 7.14. The number of nitrogens with zero attached hydrogens (tertiary/aromatic N) is 3. The molecule has 4 aromatic rings. The van der Waals surface area contributed by atoms with Gasteiger partial charge in [-0.3, -0.25) is 9.59 Å². The van der Waals surface area contributed by atoms with Crippen LogP contribution in [0.1, 0.15) is 22.0 Å². The summed E-state index contributed by atoms with van der Waals surface area (Å²) in [5.41, 5.74) is 1.42. The maximum atomic E-state index is 13.2. The summed E-state index contributed by atoms with van der Waals surface area (Å²) in [7, 11) is 0. The van der Waals surface area contributed by atoms with E-state index in [4.69, 9.17) is 4.42 Å². The van der Waals surface area contributed by atoms with Gasteiger partial charge in [0, 0.05) is 17.6 Å². The number of aryl methyl sites for hydroxylation is 1. The molecule has 6 nitrogen and oxygen atoms in total. The van der Waals surface area contributed by atoms with Gasteiger partial charge in [0.25, 0.3) is 11.5 Å². The van der Waals surface area contributed by atoms with E-state index in [9.17, 15) is 9.59 Å². The fraction of sp³-hybridized carbons (Fsp3) is 0.0952. The van der Waals surface area contributed by atoms with Crippen LogP contribution in [0.2, 0.25) is 0 Å². The lowest BCUT2D eigenvalue weighted by atomic mass is 10.3. The molecule has 0 spiro atoms. The van der Waals surface area contributed by atoms with E-state index in [0.717, 1.165) is 5.69 Å². The molecule has 0 unspecified atom stereocenters. The van der Waals surface area contributed by atoms with Gasteiger partial charge in [-0.1, -0.05) is 24.3 Å². The van der Waals surface area contributed by atoms with Crippen LogP contribution in [0.15, 0.2) is 81.5 Å². The van der Waals surface area contributed by atoms with Gasteiger partial charge < -0.3 is 8.98 Å². The smallest absolute Gasteiger partial charge is 0.300 e. The molecule has 1 aromatic carbocycles. The fourth-order valence-electron chi connectivity index (χ4n) is 2.78. The highest BCUT2D eigenvalue weighted by Crippen LogP contribution is 2.30. The number of carbonyl (C=O) groups is 1. The van der Waals surface area contributed by atoms with Crippen molar-refractivity contribution in [3.8, 4) is 0 Å². The van der Waals surface area contributed by atoms with Crippen molar-refractivity contribution in [1.82, 2.24) is 9.55 Å². The molecule has 0 aliphatic heterocycles. The number of anilines is 2. The topological polar surface area (TPSA) is 68.3 Å². The number of para-hydroxylation sites is 1. The number of thiazole rings is 1. The number of benzene rings is 1. The Morgan fingerprint density at radius 2 is 1.89 bits per heavy atom. The van der Waals surface area contributed by atoms with Crippen LogP contribution in [0.4, 0.5) is 10.8 Å². The molecule has 0 radical (unpaired) electrons. The van der Waals surface area contributed by atoms with E-state index in [1.807, 2.05) is 42.6 Å². The molecular weight excluding hydrogens is 374 g/mol. The Balaban J connectivity index is 1.65. The minimum atomic E-state index is -0.313. The second-order valence-corrected chi connectivity index (χ2v) is 7.02. The number of amides is 1. The number of hydrogen-bond acceptors (Lipinski definition) is 5. The van der Waals surface area contributed by atoms with Gasteiger partial charge in [-0.25, -0.2) is 9.88 Å². The van der Waals surface area contributed by atoms with Crippen LogP contribution in [0.3, 0.4) is 0 Å². The molecule has 0 atom stereocenters. The van der Waals surface area contributed by atoms with Crippen LogP contribution in [0, 0.1) is 6.92 Å². The average Bonchev–Trinajstić information content (AvgIpc) is 3.34. The first kappa shape index (κ1) is 17.9. The summed E-state index contributed by atoms with van der Waals surface area (Å²) in [4.78, 5) is 31.1. The lowest BCUT2D eigenvalue weighted by Gasteiger charge is -2.18. The molecule has 0 saturated heterocycles. The van der Waals surface area contributed by atoms with Crippen LogP contribution < -0.4 is 10.5 Å². The highest BCUT2D eigenvalue weighted by Gasteiger charge is 2.25. The van der Waals surface area contributed by atoms with Crippen molar-refractivity contribution >= 4 is 28.1 Å². The van der Waals surface area contributed by atoms with Gasteiger partial charge >= 0.3 is 0 Å². The van der Waals surface area contributed by atoms with Crippen LogP contribution in [0.25, 0.3) is 0 Å². The number of furan rings is 1. The lowest BCUT2D eigenvalue weighted by molar-refractivity contribution is 0.0971. The minimum absolute atomic E-state index is 0.129. The Hall–Kier alpha value is -3.45. The number of hydrogen-bond donors (Lipinski definition) is 0. The molecule has 28 heavy (non-hydrogen) atoms. The maximum Gasteiger partial charge on any atom is 0.300 e. The second kappa shape index (κ2) is 7.66. The molecule has 0 saturated carbocycles. The summed E-state index contributed by atoms with van der Waals surface area (Å²) in [5, 5.41) is 2.47. The average molecular weight is 391 g/mol. The molecular formula is C21H17N3O3S. The van der Waals surface area contributed by atoms with Crippen LogP contribution in [-0.4, -0.2) is 15.5 Å². The van der Waals surface area contributed by atoms with Crippen molar-refractivity contribution in [2.75, 3.05) is 4.90 Å². The summed E-state index contributed by atoms with van der Waals surface area (Å²) in [6.45, 7) is 2.14. The molecule has 4 rings (SSSR count). The Labute approximate surface area is 165 Å². The first-order valence-electron chi connectivity index (χ1n) is 8.67. The van der Waals surface area contributed by atoms with Crippen LogP contribution >= 0.6 is 11.3 Å². The van der Waals surface area contributed by atoms with Crippen LogP contribution in [0.5, 0.6) is 0 Å². The quantitative estimate of drug-likeness (QED) is 0.510. The first-order valence-corrected chi connectivity index (χ1v) is 9.55. The number of rotatable bonds is 5. The van der Waals surface area contributed by atoms with E-state index < -0.39 is 0 Å². The van der Waals surface area contributed by atoms with E-state index in [-0.39, 0.29) is 23.8 Å². The summed E-state index contributed by atoms with van der Waals surface area (Å²) < 4.78 is 7.28. The SMILES string of the molecule is Cc1csc(N(C(=O)c2ccc(Cn3ccccc3=O)o2)c2ccccc2)n1. The largest absolute Gasteiger partial charge is 0.454 e. The van der Waals surface area contributed by atoms with Gasteiger partial charge in [-0.05, 0) is 37.3 Å². The lowest BCUT2D eigenvalue weighted by Crippen LogP contribution is -2.25. The molecule has 140 valence electrons. The van der Waals surface area contributed by atoms with Gasteiger partial charge in [-0.15, -0.1) is 11.3 Å². The molecule has 0 aliphatic carbocycles. The van der Waals surface area contributed by atoms with E-state index in [1.54, 1.807) is 30.5 Å². The van der Waals surface area contributed by atoms with E-state index in [2.05, 4.69) is 4.98 Å². The zero-order valence-corrected chi connectivity index (χ0v) is 15.9. The van der Waals surface area contributed by atoms with Crippen molar-refractivity contribution in [2.45, 2.75) is 13.5 Å². The van der Waals surface area contributed by atoms with Crippen molar-refractivity contribution < 1.29 is 9.21 Å². The Bertz CT molecular complexity index is 1160. The number of aromatic nitrogens is 2. The van der Waals surface area contributed by atoms with Gasteiger partial charge in [0.15, 0.2) is 10.9 Å². The molecule has 0 aliphatic rings. The molecule has 3 heterocycles. The fourth-order valence-corrected chi connectivity index (χ4v) is 3.60. The Morgan fingerprint density at radius 3 is 2.61 bits per heavy atom. The third-order valence-electron chi connectivity index (χ3n) is 4.11. The summed E-state index contributed by atoms with van der Waals surface area (Å²) in [6, 6.07) is 17.6. The predicted molar refractivity (Wildman–Crippen MR) is 108 cm³/mol. The van der Waals surface area contributed by atoms with Crippen molar-refractivity contribution in [3.63, 3.8) is 0 Å². The number of carbonyl (C=O) groups excluding carboxylic acids is 1. The van der Waals surface area contributed by atoms with E-state index >= 15 is 0 Å². The van der Waals surface area contributed by atoms with Gasteiger partial charge in [0.1, 0.15) is 5.76 Å². The molecule has 0 fully saturated rings. The molecule has 7 heteroatoms. The van der Waals surface area contributed by atoms with Gasteiger partial charge in [-0.2, -0.15) is 0 Å². The molecule has 3 aromatic heterocycles.